The first-order valence-electron chi connectivity index (χ1n) is 33.4. The summed E-state index contributed by atoms with van der Waals surface area (Å²) >= 11 is 7.86. The number of thioether (sulfide) groups is 1. The number of ether oxygens (including phenoxy) is 5. The molecule has 0 amide bonds. The summed E-state index contributed by atoms with van der Waals surface area (Å²) < 4.78 is 27.0. The second-order valence-corrected chi connectivity index (χ2v) is 26.1. The Hall–Kier alpha value is -8.11. The third kappa shape index (κ3) is 25.0. The van der Waals surface area contributed by atoms with Gasteiger partial charge in [-0.2, -0.15) is 11.8 Å². The zero-order valence-electron chi connectivity index (χ0n) is 60.6. The first-order valence-corrected chi connectivity index (χ1v) is 35.2. The zero-order chi connectivity index (χ0) is 71.3. The summed E-state index contributed by atoms with van der Waals surface area (Å²) in [5.41, 5.74) is 44.7. The van der Waals surface area contributed by atoms with Crippen LogP contribution in [0.1, 0.15) is 29.2 Å². The molecular weight excluding hydrogens is 1280 g/mol. The van der Waals surface area contributed by atoms with Crippen LogP contribution in [0.3, 0.4) is 0 Å². The van der Waals surface area contributed by atoms with E-state index in [2.05, 4.69) is 149 Å². The van der Waals surface area contributed by atoms with Gasteiger partial charge in [-0.1, -0.05) is 48.9 Å². The minimum absolute atomic E-state index is 0.455. The SMILES string of the molecule is CCc1ccc(N2CCOCC2)c(N=C(N)N(C)C)c1.CN(C)C(N)=Nc1cc(Cl)ccc1N1CCOCC1.CSCc1ccc(N2CCOCC2)c(N=C(N)N(C)C)c1.Cc1ccc(N2CCOCC2)c(N=C(N)N(C)C)c1.Cc1cccc(N2CCOCC2)c1N=C(N)N(C)C. The van der Waals surface area contributed by atoms with Gasteiger partial charge >= 0.3 is 0 Å². The van der Waals surface area contributed by atoms with Gasteiger partial charge in [-0.15, -0.1) is 0 Å². The normalized spacial score (nSPS) is 16.4. The molecule has 10 N–H and O–H groups in total. The molecule has 0 saturated carbocycles. The molecule has 0 bridgehead atoms. The molecule has 0 spiro atoms. The van der Waals surface area contributed by atoms with E-state index in [0.717, 1.165) is 206 Å². The lowest BCUT2D eigenvalue weighted by atomic mass is 10.1. The Morgan fingerprint density at radius 2 is 0.704 bits per heavy atom. The molecule has 27 heteroatoms. The summed E-state index contributed by atoms with van der Waals surface area (Å²) in [6, 6.07) is 31.1. The van der Waals surface area contributed by atoms with Crippen LogP contribution in [-0.4, -0.2) is 263 Å². The number of nitrogens with two attached hydrogens (primary N) is 5. The number of guanidine groups is 5. The third-order valence-electron chi connectivity index (χ3n) is 16.3. The molecular formula is C71H111ClN20O5S. The maximum Gasteiger partial charge on any atom is 0.196 e. The van der Waals surface area contributed by atoms with Crippen molar-refractivity contribution in [2.24, 2.45) is 53.6 Å². The Kier molecular flexibility index (Phi) is 32.8. The van der Waals surface area contributed by atoms with Gasteiger partial charge in [0.2, 0.25) is 0 Å². The van der Waals surface area contributed by atoms with Gasteiger partial charge < -0.3 is 101 Å². The van der Waals surface area contributed by atoms with E-state index in [-0.39, 0.29) is 0 Å². The minimum atomic E-state index is 0.455. The van der Waals surface area contributed by atoms with Crippen LogP contribution in [-0.2, 0) is 35.9 Å². The molecule has 0 atom stereocenters. The number of halogens is 1. The largest absolute Gasteiger partial charge is 0.378 e. The Balaban J connectivity index is 0.000000193. The predicted octanol–water partition coefficient (Wildman–Crippen LogP) is 7.85. The van der Waals surface area contributed by atoms with Crippen molar-refractivity contribution < 1.29 is 23.7 Å². The zero-order valence-corrected chi connectivity index (χ0v) is 62.2. The quantitative estimate of drug-likeness (QED) is 0.0554. The van der Waals surface area contributed by atoms with Crippen molar-refractivity contribution in [2.75, 3.05) is 233 Å². The van der Waals surface area contributed by atoms with Gasteiger partial charge in [0, 0.05) is 147 Å². The highest BCUT2D eigenvalue weighted by atomic mass is 35.5. The summed E-state index contributed by atoms with van der Waals surface area (Å²) in [5.74, 6) is 3.51. The average molecular weight is 1390 g/mol. The fraction of sp³-hybridized carbons (Fsp3) is 0.507. The molecule has 5 fully saturated rings. The molecule has 98 heavy (non-hydrogen) atoms. The lowest BCUT2D eigenvalue weighted by molar-refractivity contribution is 0.122. The number of morpholine rings is 5. The van der Waals surface area contributed by atoms with Crippen LogP contribution in [0.4, 0.5) is 56.9 Å². The molecule has 5 aliphatic heterocycles. The van der Waals surface area contributed by atoms with Crippen molar-refractivity contribution in [3.8, 4) is 0 Å². The second kappa shape index (κ2) is 40.7. The number of para-hydroxylation sites is 1. The fourth-order valence-electron chi connectivity index (χ4n) is 10.3. The van der Waals surface area contributed by atoms with Crippen LogP contribution in [0, 0.1) is 13.8 Å². The molecule has 5 saturated heterocycles. The van der Waals surface area contributed by atoms with Crippen molar-refractivity contribution in [1.29, 1.82) is 0 Å². The van der Waals surface area contributed by atoms with E-state index in [9.17, 15) is 0 Å². The maximum absolute atomic E-state index is 6.05. The molecule has 5 aliphatic rings. The van der Waals surface area contributed by atoms with Gasteiger partial charge in [0.05, 0.1) is 123 Å². The summed E-state index contributed by atoms with van der Waals surface area (Å²) in [6.45, 7) is 22.7. The van der Waals surface area contributed by atoms with Gasteiger partial charge in [-0.3, -0.25) is 0 Å². The molecule has 5 aromatic rings. The van der Waals surface area contributed by atoms with Crippen molar-refractivity contribution in [3.05, 3.63) is 118 Å². The molecule has 0 aliphatic carbocycles. The van der Waals surface area contributed by atoms with Crippen molar-refractivity contribution in [2.45, 2.75) is 32.9 Å². The second-order valence-electron chi connectivity index (χ2n) is 24.8. The van der Waals surface area contributed by atoms with Crippen LogP contribution >= 0.6 is 23.4 Å². The van der Waals surface area contributed by atoms with E-state index >= 15 is 0 Å². The first kappa shape index (κ1) is 78.9. The molecule has 10 rings (SSSR count). The maximum atomic E-state index is 6.05. The summed E-state index contributed by atoms with van der Waals surface area (Å²) in [7, 11) is 18.9. The Labute approximate surface area is 592 Å². The molecule has 5 heterocycles. The van der Waals surface area contributed by atoms with Crippen molar-refractivity contribution in [1.82, 2.24) is 24.5 Å². The van der Waals surface area contributed by atoms with Crippen molar-refractivity contribution >= 4 is 110 Å². The Morgan fingerprint density at radius 3 is 1.06 bits per heavy atom. The Morgan fingerprint density at radius 1 is 0.398 bits per heavy atom. The number of aryl methyl sites for hydroxylation is 3. The monoisotopic (exact) mass is 1390 g/mol. The molecule has 0 aromatic heterocycles. The van der Waals surface area contributed by atoms with Crippen LogP contribution in [0.5, 0.6) is 0 Å². The van der Waals surface area contributed by atoms with Gasteiger partial charge in [0.25, 0.3) is 0 Å². The number of rotatable bonds is 13. The van der Waals surface area contributed by atoms with Gasteiger partial charge in [0.1, 0.15) is 0 Å². The first-order chi connectivity index (χ1) is 47.0. The minimum Gasteiger partial charge on any atom is -0.378 e. The van der Waals surface area contributed by atoms with E-state index < -0.39 is 0 Å². The van der Waals surface area contributed by atoms with E-state index in [1.807, 2.05) is 108 Å². The van der Waals surface area contributed by atoms with Crippen LogP contribution in [0.15, 0.2) is 116 Å². The number of anilines is 5. The Bertz CT molecular complexity index is 3320. The predicted molar refractivity (Wildman–Crippen MR) is 413 cm³/mol. The van der Waals surface area contributed by atoms with E-state index in [1.54, 1.807) is 16.7 Å². The number of aliphatic imine (C=N–C) groups is 5. The van der Waals surface area contributed by atoms with Crippen LogP contribution in [0.25, 0.3) is 0 Å². The highest BCUT2D eigenvalue weighted by Crippen LogP contribution is 2.36. The molecule has 0 radical (unpaired) electrons. The fourth-order valence-corrected chi connectivity index (χ4v) is 11.0. The van der Waals surface area contributed by atoms with Gasteiger partial charge in [0.15, 0.2) is 29.8 Å². The number of nitrogens with zero attached hydrogens (tertiary/aromatic N) is 15. The highest BCUT2D eigenvalue weighted by Gasteiger charge is 2.21. The van der Waals surface area contributed by atoms with E-state index in [4.69, 9.17) is 64.0 Å². The van der Waals surface area contributed by atoms with Crippen molar-refractivity contribution in [3.63, 3.8) is 0 Å². The van der Waals surface area contributed by atoms with Crippen LogP contribution in [0.2, 0.25) is 5.02 Å². The smallest absolute Gasteiger partial charge is 0.196 e. The van der Waals surface area contributed by atoms with E-state index in [1.165, 1.54) is 16.7 Å². The average Bonchev–Trinajstić information content (AvgIpc) is 0.860. The third-order valence-corrected chi connectivity index (χ3v) is 17.2. The summed E-state index contributed by atoms with van der Waals surface area (Å²) in [5, 5.41) is 0.655. The van der Waals surface area contributed by atoms with E-state index in [0.29, 0.717) is 34.8 Å². The van der Waals surface area contributed by atoms with Gasteiger partial charge in [-0.05, 0) is 109 Å². The summed E-state index contributed by atoms with van der Waals surface area (Å²) in [6.07, 6.45) is 3.10. The molecule has 5 aromatic carbocycles. The molecule has 0 unspecified atom stereocenters. The summed E-state index contributed by atoms with van der Waals surface area (Å²) in [4.78, 5) is 43.2. The number of hydrogen-bond acceptors (Lipinski definition) is 16. The topological polar surface area (TPSA) is 270 Å². The van der Waals surface area contributed by atoms with Gasteiger partial charge in [-0.25, -0.2) is 25.0 Å². The lowest BCUT2D eigenvalue weighted by Crippen LogP contribution is -2.36. The molecule has 25 nitrogen and oxygen atoms in total. The number of hydrogen-bond donors (Lipinski definition) is 5. The molecule has 538 valence electrons. The highest BCUT2D eigenvalue weighted by molar-refractivity contribution is 7.97. The number of benzene rings is 5. The lowest BCUT2D eigenvalue weighted by Gasteiger charge is -2.30. The standard InChI is InChI=1S/C15H24N4OS.C15H24N4O.2C14H22N4O.C13H19ClN4O/c1-18(2)15(16)17-13-10-12(11-21-3)4-5-14(13)19-6-8-20-9-7-19;1-4-12-5-6-14(19-7-9-20-10-8-19)13(11-12)17-15(16)18(2)3;1-11-4-5-13(18-6-8-19-9-7-18)12(10-11)16-14(15)17(2)3;1-11-5-4-6-12(18-7-9-19-10-8-18)13(11)16-14(15)17(2)3;1-17(2)13(15)16-11-9-10(14)3-4-12(11)18-5-7-19-8-6-18/h4-5,10H,6-9,11H2,1-3H3,(H2,16,17);5-6,11H,4,7-10H2,1-3H3,(H2,16,17);4-5,10H,6-9H2,1-3H3,(H2,15,16);4-6H,7-10H2,1-3H3,(H2,15,16);3-4,9H,5-8H2,1-2H3,(H2,15,16). The van der Waals surface area contributed by atoms with Crippen LogP contribution < -0.4 is 53.2 Å².